The third-order valence-corrected chi connectivity index (χ3v) is 5.45. The van der Waals surface area contributed by atoms with E-state index in [2.05, 4.69) is 0 Å². The largest absolute Gasteiger partial charge is 0.384 e. The van der Waals surface area contributed by atoms with Crippen LogP contribution in [0.1, 0.15) is 21.5 Å². The summed E-state index contributed by atoms with van der Waals surface area (Å²) in [6.45, 7) is 2.17. The van der Waals surface area contributed by atoms with E-state index < -0.39 is 17.0 Å². The number of nitrogens with zero attached hydrogens (tertiary/aromatic N) is 2. The average molecular weight is 395 g/mol. The monoisotopic (exact) mass is 395 g/mol. The minimum Gasteiger partial charge on any atom is -0.384 e. The van der Waals surface area contributed by atoms with Gasteiger partial charge in [0.15, 0.2) is 5.78 Å². The molecule has 28 heavy (non-hydrogen) atoms. The quantitative estimate of drug-likeness (QED) is 0.512. The summed E-state index contributed by atoms with van der Waals surface area (Å²) >= 11 is 1.33. The van der Waals surface area contributed by atoms with Gasteiger partial charge in [-0.15, -0.1) is 11.8 Å². The summed E-state index contributed by atoms with van der Waals surface area (Å²) in [7, 11) is 1.36. The molecule has 0 aliphatic carbocycles. The van der Waals surface area contributed by atoms with E-state index in [9.17, 15) is 14.4 Å². The van der Waals surface area contributed by atoms with Gasteiger partial charge < -0.3 is 5.73 Å². The Labute approximate surface area is 166 Å². The van der Waals surface area contributed by atoms with Gasteiger partial charge in [-0.3, -0.25) is 18.7 Å². The molecule has 3 aromatic rings. The summed E-state index contributed by atoms with van der Waals surface area (Å²) < 4.78 is 2.20. The summed E-state index contributed by atoms with van der Waals surface area (Å²) in [5.74, 6) is -0.427. The molecule has 0 aliphatic heterocycles. The molecule has 7 heteroatoms. The van der Waals surface area contributed by atoms with Crippen molar-refractivity contribution in [2.45, 2.75) is 18.4 Å². The van der Waals surface area contributed by atoms with E-state index in [4.69, 9.17) is 5.73 Å². The SMILES string of the molecule is Cc1ccc(SCC(=O)c2c(N)n(Cc3ccccc3)c(=O)n(C)c2=O)cc1. The van der Waals surface area contributed by atoms with E-state index in [1.165, 1.54) is 23.4 Å². The zero-order chi connectivity index (χ0) is 20.3. The second-order valence-corrected chi connectivity index (χ2v) is 7.55. The Morgan fingerprint density at radius 3 is 2.32 bits per heavy atom. The summed E-state index contributed by atoms with van der Waals surface area (Å²) in [5, 5.41) is 0. The Hall–Kier alpha value is -3.06. The molecule has 1 heterocycles. The van der Waals surface area contributed by atoms with Crippen LogP contribution in [0.2, 0.25) is 0 Å². The van der Waals surface area contributed by atoms with Crippen LogP contribution in [0.15, 0.2) is 69.1 Å². The van der Waals surface area contributed by atoms with Crippen LogP contribution < -0.4 is 17.0 Å². The van der Waals surface area contributed by atoms with E-state index in [0.29, 0.717) is 0 Å². The molecule has 0 aliphatic rings. The number of hydrogen-bond donors (Lipinski definition) is 1. The predicted octanol–water partition coefficient (Wildman–Crippen LogP) is 2.46. The van der Waals surface area contributed by atoms with Gasteiger partial charge in [0.25, 0.3) is 5.56 Å². The van der Waals surface area contributed by atoms with Crippen LogP contribution in [0.4, 0.5) is 5.82 Å². The molecule has 0 radical (unpaired) electrons. The van der Waals surface area contributed by atoms with Gasteiger partial charge in [0.2, 0.25) is 0 Å². The first kappa shape index (κ1) is 19.7. The number of carbonyl (C=O) groups excluding carboxylic acids is 1. The maximum atomic E-state index is 12.8. The topological polar surface area (TPSA) is 87.1 Å². The normalized spacial score (nSPS) is 10.8. The highest BCUT2D eigenvalue weighted by Gasteiger charge is 2.21. The van der Waals surface area contributed by atoms with Crippen molar-refractivity contribution in [3.8, 4) is 0 Å². The van der Waals surface area contributed by atoms with Gasteiger partial charge in [0, 0.05) is 11.9 Å². The van der Waals surface area contributed by atoms with Gasteiger partial charge in [0.05, 0.1) is 12.3 Å². The minimum absolute atomic E-state index is 0.0615. The highest BCUT2D eigenvalue weighted by Crippen LogP contribution is 2.20. The Kier molecular flexibility index (Phi) is 5.84. The number of nitrogen functional groups attached to an aromatic ring is 1. The number of anilines is 1. The summed E-state index contributed by atoms with van der Waals surface area (Å²) in [6.07, 6.45) is 0. The van der Waals surface area contributed by atoms with E-state index in [1.807, 2.05) is 61.5 Å². The lowest BCUT2D eigenvalue weighted by molar-refractivity contribution is 0.102. The maximum Gasteiger partial charge on any atom is 0.332 e. The maximum absolute atomic E-state index is 12.8. The van der Waals surface area contributed by atoms with Crippen molar-refractivity contribution < 1.29 is 4.79 Å². The smallest absolute Gasteiger partial charge is 0.332 e. The number of aromatic nitrogens is 2. The zero-order valence-corrected chi connectivity index (χ0v) is 16.5. The molecule has 0 unspecified atom stereocenters. The van der Waals surface area contributed by atoms with Crippen LogP contribution in [-0.2, 0) is 13.6 Å². The first-order valence-corrected chi connectivity index (χ1v) is 9.73. The van der Waals surface area contributed by atoms with Gasteiger partial charge >= 0.3 is 5.69 Å². The molecule has 0 saturated heterocycles. The molecule has 2 aromatic carbocycles. The van der Waals surface area contributed by atoms with E-state index in [0.717, 1.165) is 20.6 Å². The molecule has 3 rings (SSSR count). The van der Waals surface area contributed by atoms with E-state index >= 15 is 0 Å². The molecule has 0 spiro atoms. The lowest BCUT2D eigenvalue weighted by Gasteiger charge is -2.14. The lowest BCUT2D eigenvalue weighted by atomic mass is 10.2. The van der Waals surface area contributed by atoms with Gasteiger partial charge in [-0.05, 0) is 24.6 Å². The Bertz CT molecular complexity index is 1120. The first-order valence-electron chi connectivity index (χ1n) is 8.74. The molecule has 2 N–H and O–H groups in total. The zero-order valence-electron chi connectivity index (χ0n) is 15.7. The van der Waals surface area contributed by atoms with Crippen LogP contribution in [0.25, 0.3) is 0 Å². The number of thioether (sulfide) groups is 1. The van der Waals surface area contributed by atoms with Crippen molar-refractivity contribution in [1.82, 2.24) is 9.13 Å². The standard InChI is InChI=1S/C21H21N3O3S/c1-14-8-10-16(11-9-14)28-13-17(25)18-19(22)24(21(27)23(2)20(18)26)12-15-6-4-3-5-7-15/h3-11H,12-13,22H2,1-2H3. The van der Waals surface area contributed by atoms with Crippen molar-refractivity contribution >= 4 is 23.4 Å². The fourth-order valence-electron chi connectivity index (χ4n) is 2.82. The van der Waals surface area contributed by atoms with Crippen molar-refractivity contribution in [2.75, 3.05) is 11.5 Å². The predicted molar refractivity (Wildman–Crippen MR) is 112 cm³/mol. The highest BCUT2D eigenvalue weighted by atomic mass is 32.2. The number of nitrogens with two attached hydrogens (primary N) is 1. The fraction of sp³-hybridized carbons (Fsp3) is 0.190. The lowest BCUT2D eigenvalue weighted by Crippen LogP contribution is -2.43. The number of hydrogen-bond acceptors (Lipinski definition) is 5. The molecule has 0 bridgehead atoms. The second kappa shape index (κ2) is 8.31. The fourth-order valence-corrected chi connectivity index (χ4v) is 3.59. The number of ketones is 1. The number of carbonyl (C=O) groups is 1. The van der Waals surface area contributed by atoms with Crippen molar-refractivity contribution in [3.63, 3.8) is 0 Å². The molecule has 0 fully saturated rings. The van der Waals surface area contributed by atoms with Gasteiger partial charge in [-0.25, -0.2) is 4.79 Å². The molecule has 0 amide bonds. The molecule has 144 valence electrons. The van der Waals surface area contributed by atoms with Crippen LogP contribution in [0.3, 0.4) is 0 Å². The molecule has 0 atom stereocenters. The molecular formula is C21H21N3O3S. The minimum atomic E-state index is -0.665. The Morgan fingerprint density at radius 1 is 1.04 bits per heavy atom. The number of rotatable bonds is 6. The second-order valence-electron chi connectivity index (χ2n) is 6.50. The molecular weight excluding hydrogens is 374 g/mol. The Balaban J connectivity index is 1.93. The van der Waals surface area contributed by atoms with Crippen molar-refractivity contribution in [2.24, 2.45) is 7.05 Å². The highest BCUT2D eigenvalue weighted by molar-refractivity contribution is 8.00. The summed E-state index contributed by atoms with van der Waals surface area (Å²) in [4.78, 5) is 38.8. The van der Waals surface area contributed by atoms with Gasteiger partial charge in [-0.1, -0.05) is 48.0 Å². The van der Waals surface area contributed by atoms with Crippen LogP contribution >= 0.6 is 11.8 Å². The van der Waals surface area contributed by atoms with Crippen LogP contribution in [-0.4, -0.2) is 20.7 Å². The van der Waals surface area contributed by atoms with E-state index in [1.54, 1.807) is 0 Å². The van der Waals surface area contributed by atoms with E-state index in [-0.39, 0.29) is 23.7 Å². The first-order chi connectivity index (χ1) is 13.4. The molecule has 1 aromatic heterocycles. The molecule has 6 nitrogen and oxygen atoms in total. The average Bonchev–Trinajstić information content (AvgIpc) is 2.70. The number of aryl methyl sites for hydroxylation is 1. The number of benzene rings is 2. The van der Waals surface area contributed by atoms with Crippen molar-refractivity contribution in [1.29, 1.82) is 0 Å². The summed E-state index contributed by atoms with van der Waals surface area (Å²) in [6, 6.07) is 17.0. The van der Waals surface area contributed by atoms with Crippen molar-refractivity contribution in [3.05, 3.63) is 92.1 Å². The third kappa shape index (κ3) is 4.09. The Morgan fingerprint density at radius 2 is 1.68 bits per heavy atom. The van der Waals surface area contributed by atoms with Crippen LogP contribution in [0.5, 0.6) is 0 Å². The molecule has 0 saturated carbocycles. The summed E-state index contributed by atoms with van der Waals surface area (Å²) in [5.41, 5.74) is 6.73. The van der Waals surface area contributed by atoms with Gasteiger partial charge in [0.1, 0.15) is 11.4 Å². The number of Topliss-reactive ketones (excluding diaryl/α,β-unsaturated/α-hetero) is 1. The van der Waals surface area contributed by atoms with Crippen LogP contribution in [0, 0.1) is 6.92 Å². The van der Waals surface area contributed by atoms with Gasteiger partial charge in [-0.2, -0.15) is 0 Å². The third-order valence-electron chi connectivity index (χ3n) is 4.44.